The fourth-order valence-electron chi connectivity index (χ4n) is 4.50. The first kappa shape index (κ1) is 43.2. The van der Waals surface area contributed by atoms with E-state index in [2.05, 4.69) is 29.8 Å². The molecule has 3 rings (SSSR count). The normalized spacial score (nSPS) is 14.6. The Bertz CT molecular complexity index is 1020. The summed E-state index contributed by atoms with van der Waals surface area (Å²) in [4.78, 5) is 47.7. The van der Waals surface area contributed by atoms with Crippen LogP contribution in [-0.2, 0) is 14.4 Å². The summed E-state index contributed by atoms with van der Waals surface area (Å²) in [5.74, 6) is 5.83. The van der Waals surface area contributed by atoms with Gasteiger partial charge in [0.15, 0.2) is 5.43 Å². The highest BCUT2D eigenvalue weighted by molar-refractivity contribution is 5.80. The van der Waals surface area contributed by atoms with Gasteiger partial charge in [0.2, 0.25) is 12.8 Å². The van der Waals surface area contributed by atoms with Crippen molar-refractivity contribution in [2.45, 2.75) is 93.5 Å². The number of nitrogens with one attached hydrogen (secondary N) is 1. The zero-order valence-corrected chi connectivity index (χ0v) is 27.6. The molecule has 42 heavy (non-hydrogen) atoms. The molecule has 0 radical (unpaired) electrons. The predicted molar refractivity (Wildman–Crippen MR) is 178 cm³/mol. The van der Waals surface area contributed by atoms with Gasteiger partial charge in [-0.3, -0.25) is 30.0 Å². The number of aromatic amines is 1. The molecule has 5 N–H and O–H groups in total. The largest absolute Gasteiger partial charge is 0.372 e. The van der Waals surface area contributed by atoms with E-state index in [4.69, 9.17) is 10.6 Å². The van der Waals surface area contributed by atoms with Gasteiger partial charge < -0.3 is 15.6 Å². The number of hydrazine groups is 1. The standard InChI is InChI=1S/C17H31N3O2.C9H7NO.3C2H6.CH3NO/c1-14(9-6-4-5-7-11-19(3)18)17(15(2)22)16-10-8-12-20(16)13-21;11-9-5-6-10-8-4-2-1-3-7(8)9;3*1-2;2-1-3/h6,9,13-14,16-17H,4-5,7-8,10-12,18H2,1-3H3;1-6H,(H,10,11);3*1-2H3;1H,(H2,2,3)/b9-6-;;;;;. The van der Waals surface area contributed by atoms with Crippen molar-refractivity contribution >= 4 is 29.5 Å². The maximum atomic E-state index is 12.0. The highest BCUT2D eigenvalue weighted by Crippen LogP contribution is 2.29. The number of H-pyrrole nitrogens is 1. The van der Waals surface area contributed by atoms with Crippen LogP contribution in [0.25, 0.3) is 10.9 Å². The number of Topliss-reactive ketones (excluding diaryl/α,β-unsaturated/α-hetero) is 1. The monoisotopic (exact) mass is 589 g/mol. The molecule has 1 aromatic carbocycles. The van der Waals surface area contributed by atoms with E-state index in [1.807, 2.05) is 72.9 Å². The lowest BCUT2D eigenvalue weighted by Gasteiger charge is -2.30. The van der Waals surface area contributed by atoms with Crippen LogP contribution in [-0.4, -0.2) is 59.7 Å². The quantitative estimate of drug-likeness (QED) is 0.107. The van der Waals surface area contributed by atoms with Gasteiger partial charge in [-0.2, -0.15) is 0 Å². The van der Waals surface area contributed by atoms with Crippen LogP contribution in [0.4, 0.5) is 0 Å². The lowest BCUT2D eigenvalue weighted by atomic mass is 9.82. The van der Waals surface area contributed by atoms with Gasteiger partial charge in [0.1, 0.15) is 5.78 Å². The molecule has 1 fully saturated rings. The van der Waals surface area contributed by atoms with Crippen molar-refractivity contribution in [2.75, 3.05) is 20.1 Å². The van der Waals surface area contributed by atoms with E-state index in [1.165, 1.54) is 6.07 Å². The summed E-state index contributed by atoms with van der Waals surface area (Å²) in [7, 11) is 1.87. The van der Waals surface area contributed by atoms with Gasteiger partial charge in [0.05, 0.1) is 0 Å². The molecule has 9 heteroatoms. The number of aromatic nitrogens is 1. The zero-order chi connectivity index (χ0) is 32.9. The van der Waals surface area contributed by atoms with Gasteiger partial charge in [-0.15, -0.1) is 0 Å². The minimum absolute atomic E-state index is 0.0688. The average molecular weight is 590 g/mol. The summed E-state index contributed by atoms with van der Waals surface area (Å²) >= 11 is 0. The Morgan fingerprint density at radius 3 is 2.21 bits per heavy atom. The fourth-order valence-corrected chi connectivity index (χ4v) is 4.50. The van der Waals surface area contributed by atoms with Crippen molar-refractivity contribution in [3.05, 3.63) is 58.9 Å². The van der Waals surface area contributed by atoms with Crippen LogP contribution in [0.15, 0.2) is 53.5 Å². The molecule has 2 amide bonds. The first-order valence-electron chi connectivity index (χ1n) is 15.3. The second-order valence-electron chi connectivity index (χ2n) is 8.98. The molecule has 2 aromatic rings. The summed E-state index contributed by atoms with van der Waals surface area (Å²) < 4.78 is 0. The third-order valence-corrected chi connectivity index (χ3v) is 6.17. The number of para-hydroxylation sites is 1. The number of carbonyl (C=O) groups is 3. The first-order chi connectivity index (χ1) is 20.3. The number of fused-ring (bicyclic) bond motifs is 1. The topological polar surface area (TPSA) is 143 Å². The average Bonchev–Trinajstić information content (AvgIpc) is 3.47. The Kier molecular flexibility index (Phi) is 30.0. The van der Waals surface area contributed by atoms with Crippen LogP contribution in [0.5, 0.6) is 0 Å². The minimum Gasteiger partial charge on any atom is -0.372 e. The number of hydrogen-bond donors (Lipinski definition) is 3. The van der Waals surface area contributed by atoms with E-state index in [1.54, 1.807) is 23.0 Å². The number of nitrogens with two attached hydrogens (primary N) is 2. The van der Waals surface area contributed by atoms with Gasteiger partial charge in [-0.1, -0.05) is 72.8 Å². The van der Waals surface area contributed by atoms with Crippen molar-refractivity contribution in [1.29, 1.82) is 0 Å². The minimum atomic E-state index is -0.0841. The number of nitrogens with zero attached hydrogens (tertiary/aromatic N) is 2. The summed E-state index contributed by atoms with van der Waals surface area (Å²) in [6.07, 6.45) is 12.2. The lowest BCUT2D eigenvalue weighted by molar-refractivity contribution is -0.126. The van der Waals surface area contributed by atoms with E-state index >= 15 is 0 Å². The number of unbranched alkanes of at least 4 members (excludes halogenated alkanes) is 2. The summed E-state index contributed by atoms with van der Waals surface area (Å²) in [6.45, 7) is 17.4. The van der Waals surface area contributed by atoms with Crippen LogP contribution in [0.2, 0.25) is 0 Å². The summed E-state index contributed by atoms with van der Waals surface area (Å²) in [6, 6.07) is 9.06. The smallest absolute Gasteiger partial charge is 0.209 e. The molecule has 1 aromatic heterocycles. The number of hydrogen-bond acceptors (Lipinski definition) is 6. The van der Waals surface area contributed by atoms with Gasteiger partial charge >= 0.3 is 0 Å². The Labute approximate surface area is 254 Å². The maximum absolute atomic E-state index is 12.0. The molecule has 1 saturated heterocycles. The van der Waals surface area contributed by atoms with Gasteiger partial charge in [-0.05, 0) is 57.1 Å². The van der Waals surface area contributed by atoms with Crippen molar-refractivity contribution in [3.8, 4) is 0 Å². The molecule has 1 aliphatic rings. The molecule has 3 unspecified atom stereocenters. The molecule has 9 nitrogen and oxygen atoms in total. The van der Waals surface area contributed by atoms with Crippen LogP contribution in [0.3, 0.4) is 0 Å². The van der Waals surface area contributed by atoms with Crippen molar-refractivity contribution in [1.82, 2.24) is 14.9 Å². The number of rotatable bonds is 10. The van der Waals surface area contributed by atoms with Crippen molar-refractivity contribution in [3.63, 3.8) is 0 Å². The van der Waals surface area contributed by atoms with Gasteiger partial charge in [0.25, 0.3) is 0 Å². The Morgan fingerprint density at radius 2 is 1.69 bits per heavy atom. The number of benzene rings is 1. The lowest BCUT2D eigenvalue weighted by Crippen LogP contribution is -2.40. The van der Waals surface area contributed by atoms with Crippen LogP contribution in [0.1, 0.15) is 87.5 Å². The molecule has 0 bridgehead atoms. The van der Waals surface area contributed by atoms with E-state index in [0.29, 0.717) is 0 Å². The third-order valence-electron chi connectivity index (χ3n) is 6.17. The second kappa shape index (κ2) is 29.2. The fraction of sp³-hybridized carbons (Fsp3) is 0.576. The third kappa shape index (κ3) is 18.2. The molecule has 3 atom stereocenters. The molecular weight excluding hydrogens is 530 g/mol. The first-order valence-corrected chi connectivity index (χ1v) is 15.3. The summed E-state index contributed by atoms with van der Waals surface area (Å²) in [5.41, 5.74) is 5.12. The summed E-state index contributed by atoms with van der Waals surface area (Å²) in [5, 5.41) is 2.45. The number of ketones is 1. The molecule has 2 heterocycles. The second-order valence-corrected chi connectivity index (χ2v) is 8.98. The van der Waals surface area contributed by atoms with E-state index in [0.717, 1.165) is 62.5 Å². The molecule has 240 valence electrons. The molecular formula is C33H59N5O4. The number of likely N-dealkylation sites (tertiary alicyclic amines) is 1. The van der Waals surface area contributed by atoms with Crippen LogP contribution in [0, 0.1) is 11.8 Å². The van der Waals surface area contributed by atoms with Crippen molar-refractivity contribution in [2.24, 2.45) is 23.4 Å². The van der Waals surface area contributed by atoms with E-state index in [-0.39, 0.29) is 35.5 Å². The van der Waals surface area contributed by atoms with Gasteiger partial charge in [0, 0.05) is 55.3 Å². The van der Waals surface area contributed by atoms with Crippen LogP contribution >= 0.6 is 0 Å². The highest BCUT2D eigenvalue weighted by Gasteiger charge is 2.36. The Hall–Kier alpha value is -3.30. The van der Waals surface area contributed by atoms with Crippen molar-refractivity contribution < 1.29 is 14.4 Å². The van der Waals surface area contributed by atoms with Gasteiger partial charge in [-0.25, -0.2) is 0 Å². The van der Waals surface area contributed by atoms with Crippen LogP contribution < -0.4 is 17.0 Å². The molecule has 0 spiro atoms. The molecule has 1 aliphatic heterocycles. The number of amides is 2. The number of primary amides is 1. The zero-order valence-electron chi connectivity index (χ0n) is 27.6. The molecule has 0 aliphatic carbocycles. The predicted octanol–water partition coefficient (Wildman–Crippen LogP) is 5.69. The number of carbonyl (C=O) groups excluding carboxylic acids is 3. The highest BCUT2D eigenvalue weighted by atomic mass is 16.1. The number of allylic oxidation sites excluding steroid dienone is 2. The Morgan fingerprint density at radius 1 is 1.10 bits per heavy atom. The van der Waals surface area contributed by atoms with E-state index in [9.17, 15) is 14.4 Å². The number of pyridine rings is 1. The Balaban J connectivity index is -0.000000629. The van der Waals surface area contributed by atoms with E-state index < -0.39 is 0 Å². The molecule has 0 saturated carbocycles. The maximum Gasteiger partial charge on any atom is 0.209 e. The SMILES string of the molecule is CC.CC.CC.CC(=O)C(C(C)/C=C\CCCCN(C)N)C1CCCN1C=O.NC=O.O=c1cc[nH]c2ccccc12.